The van der Waals surface area contributed by atoms with Crippen LogP contribution in [-0.2, 0) is 4.74 Å². The Hall–Kier alpha value is -1.55. The summed E-state index contributed by atoms with van der Waals surface area (Å²) in [7, 11) is 0. The predicted molar refractivity (Wildman–Crippen MR) is 68.7 cm³/mol. The second-order valence-corrected chi connectivity index (χ2v) is 5.08. The molecule has 1 saturated heterocycles. The molecule has 2 N–H and O–H groups in total. The number of aromatic hydroxyl groups is 1. The van der Waals surface area contributed by atoms with E-state index in [0.717, 1.165) is 6.42 Å². The average molecular weight is 249 g/mol. The molecule has 1 aromatic rings. The highest BCUT2D eigenvalue weighted by molar-refractivity contribution is 5.96. The zero-order valence-corrected chi connectivity index (χ0v) is 11.0. The van der Waals surface area contributed by atoms with E-state index in [9.17, 15) is 9.90 Å². The van der Waals surface area contributed by atoms with Crippen LogP contribution in [0.15, 0.2) is 18.2 Å². The summed E-state index contributed by atoms with van der Waals surface area (Å²) in [4.78, 5) is 12.2. The molecule has 0 spiro atoms. The maximum absolute atomic E-state index is 12.2. The second kappa shape index (κ2) is 4.61. The lowest BCUT2D eigenvalue weighted by Gasteiger charge is -2.29. The summed E-state index contributed by atoms with van der Waals surface area (Å²) in [5.41, 5.74) is 0.773. The molecule has 0 aliphatic carbocycles. The SMILES string of the molecule is Cc1c(O)cccc1C(=O)NC1(C)CCOC1C. The van der Waals surface area contributed by atoms with Crippen LogP contribution < -0.4 is 5.32 Å². The molecule has 2 atom stereocenters. The van der Waals surface area contributed by atoms with E-state index in [1.54, 1.807) is 25.1 Å². The van der Waals surface area contributed by atoms with Crippen LogP contribution in [-0.4, -0.2) is 29.3 Å². The number of rotatable bonds is 2. The predicted octanol–water partition coefficient (Wildman–Crippen LogP) is 2.00. The summed E-state index contributed by atoms with van der Waals surface area (Å²) in [6, 6.07) is 4.97. The highest BCUT2D eigenvalue weighted by Crippen LogP contribution is 2.26. The molecule has 2 unspecified atom stereocenters. The van der Waals surface area contributed by atoms with Crippen LogP contribution in [0.5, 0.6) is 5.75 Å². The number of hydrogen-bond donors (Lipinski definition) is 2. The summed E-state index contributed by atoms with van der Waals surface area (Å²) < 4.78 is 5.50. The lowest BCUT2D eigenvalue weighted by atomic mass is 9.93. The first-order chi connectivity index (χ1) is 8.44. The highest BCUT2D eigenvalue weighted by atomic mass is 16.5. The van der Waals surface area contributed by atoms with Gasteiger partial charge in [0.05, 0.1) is 11.6 Å². The molecule has 18 heavy (non-hydrogen) atoms. The fraction of sp³-hybridized carbons (Fsp3) is 0.500. The molecule has 4 nitrogen and oxygen atoms in total. The van der Waals surface area contributed by atoms with Gasteiger partial charge < -0.3 is 15.2 Å². The third-order valence-corrected chi connectivity index (χ3v) is 3.84. The average Bonchev–Trinajstić information content (AvgIpc) is 2.62. The minimum absolute atomic E-state index is 0.000865. The monoisotopic (exact) mass is 249 g/mol. The fourth-order valence-electron chi connectivity index (χ4n) is 2.20. The highest BCUT2D eigenvalue weighted by Gasteiger charge is 2.38. The molecule has 1 amide bonds. The quantitative estimate of drug-likeness (QED) is 0.842. The fourth-order valence-corrected chi connectivity index (χ4v) is 2.20. The molecule has 1 aliphatic rings. The minimum Gasteiger partial charge on any atom is -0.508 e. The van der Waals surface area contributed by atoms with Crippen molar-refractivity contribution in [3.8, 4) is 5.75 Å². The maximum atomic E-state index is 12.2. The normalized spacial score (nSPS) is 27.2. The minimum atomic E-state index is -0.338. The van der Waals surface area contributed by atoms with Gasteiger partial charge in [-0.3, -0.25) is 4.79 Å². The van der Waals surface area contributed by atoms with Crippen molar-refractivity contribution in [1.82, 2.24) is 5.32 Å². The topological polar surface area (TPSA) is 58.6 Å². The Bertz CT molecular complexity index is 472. The Kier molecular flexibility index (Phi) is 3.30. The lowest BCUT2D eigenvalue weighted by Crippen LogP contribution is -2.50. The molecule has 1 fully saturated rings. The van der Waals surface area contributed by atoms with Crippen LogP contribution >= 0.6 is 0 Å². The number of nitrogens with one attached hydrogen (secondary N) is 1. The Morgan fingerprint density at radius 3 is 2.89 bits per heavy atom. The summed E-state index contributed by atoms with van der Waals surface area (Å²) in [6.45, 7) is 6.35. The van der Waals surface area contributed by atoms with Gasteiger partial charge in [0.1, 0.15) is 5.75 Å². The van der Waals surface area contributed by atoms with Crippen LogP contribution in [0.1, 0.15) is 36.2 Å². The number of carbonyl (C=O) groups excluding carboxylic acids is 1. The van der Waals surface area contributed by atoms with Gasteiger partial charge in [-0.2, -0.15) is 0 Å². The third-order valence-electron chi connectivity index (χ3n) is 3.84. The number of benzene rings is 1. The van der Waals surface area contributed by atoms with Crippen molar-refractivity contribution < 1.29 is 14.6 Å². The van der Waals surface area contributed by atoms with Gasteiger partial charge in [0.2, 0.25) is 0 Å². The van der Waals surface area contributed by atoms with Crippen molar-refractivity contribution >= 4 is 5.91 Å². The second-order valence-electron chi connectivity index (χ2n) is 5.08. The van der Waals surface area contributed by atoms with Gasteiger partial charge in [-0.05, 0) is 39.3 Å². The van der Waals surface area contributed by atoms with E-state index in [0.29, 0.717) is 17.7 Å². The maximum Gasteiger partial charge on any atom is 0.252 e. The van der Waals surface area contributed by atoms with Crippen molar-refractivity contribution in [2.45, 2.75) is 38.8 Å². The molecule has 98 valence electrons. The first kappa shape index (κ1) is 12.9. The van der Waals surface area contributed by atoms with E-state index in [2.05, 4.69) is 5.32 Å². The smallest absolute Gasteiger partial charge is 0.252 e. The van der Waals surface area contributed by atoms with Crippen molar-refractivity contribution in [3.63, 3.8) is 0 Å². The zero-order valence-electron chi connectivity index (χ0n) is 11.0. The number of amides is 1. The van der Waals surface area contributed by atoms with Crippen LogP contribution in [0, 0.1) is 6.92 Å². The molecule has 4 heteroatoms. The zero-order chi connectivity index (χ0) is 13.3. The van der Waals surface area contributed by atoms with E-state index in [1.165, 1.54) is 0 Å². The summed E-state index contributed by atoms with van der Waals surface area (Å²) >= 11 is 0. The molecule has 0 bridgehead atoms. The van der Waals surface area contributed by atoms with Crippen molar-refractivity contribution in [2.24, 2.45) is 0 Å². The van der Waals surface area contributed by atoms with Crippen LogP contribution in [0.4, 0.5) is 0 Å². The van der Waals surface area contributed by atoms with Crippen molar-refractivity contribution in [1.29, 1.82) is 0 Å². The van der Waals surface area contributed by atoms with Crippen LogP contribution in [0.2, 0.25) is 0 Å². The molecule has 1 aliphatic heterocycles. The molecule has 1 aromatic carbocycles. The standard InChI is InChI=1S/C14H19NO3/c1-9-11(5-4-6-12(9)16)13(17)15-14(3)7-8-18-10(14)2/h4-6,10,16H,7-8H2,1-3H3,(H,15,17). The molecular weight excluding hydrogens is 230 g/mol. The summed E-state index contributed by atoms with van der Waals surface area (Å²) in [6.07, 6.45) is 0.802. The Balaban J connectivity index is 2.20. The number of ether oxygens (including phenoxy) is 1. The van der Waals surface area contributed by atoms with E-state index >= 15 is 0 Å². The first-order valence-electron chi connectivity index (χ1n) is 6.17. The third kappa shape index (κ3) is 2.20. The number of phenolic OH excluding ortho intramolecular Hbond substituents is 1. The van der Waals surface area contributed by atoms with Crippen LogP contribution in [0.25, 0.3) is 0 Å². The molecule has 2 rings (SSSR count). The molecule has 0 saturated carbocycles. The van der Waals surface area contributed by atoms with Gasteiger partial charge >= 0.3 is 0 Å². The number of carbonyl (C=O) groups is 1. The van der Waals surface area contributed by atoms with Crippen molar-refractivity contribution in [3.05, 3.63) is 29.3 Å². The van der Waals surface area contributed by atoms with Crippen molar-refractivity contribution in [2.75, 3.05) is 6.61 Å². The van der Waals surface area contributed by atoms with Gasteiger partial charge in [0.25, 0.3) is 5.91 Å². The van der Waals surface area contributed by atoms with Gasteiger partial charge in [-0.15, -0.1) is 0 Å². The van der Waals surface area contributed by atoms with Gasteiger partial charge in [-0.1, -0.05) is 6.07 Å². The Morgan fingerprint density at radius 1 is 1.56 bits per heavy atom. The molecule has 0 radical (unpaired) electrons. The first-order valence-corrected chi connectivity index (χ1v) is 6.17. The van der Waals surface area contributed by atoms with Gasteiger partial charge in [-0.25, -0.2) is 0 Å². The van der Waals surface area contributed by atoms with E-state index in [1.807, 2.05) is 13.8 Å². The summed E-state index contributed by atoms with van der Waals surface area (Å²) in [5, 5.41) is 12.6. The number of hydrogen-bond acceptors (Lipinski definition) is 3. The van der Waals surface area contributed by atoms with Crippen LogP contribution in [0.3, 0.4) is 0 Å². The molecular formula is C14H19NO3. The van der Waals surface area contributed by atoms with E-state index in [-0.39, 0.29) is 23.3 Å². The largest absolute Gasteiger partial charge is 0.508 e. The van der Waals surface area contributed by atoms with E-state index < -0.39 is 0 Å². The van der Waals surface area contributed by atoms with E-state index in [4.69, 9.17) is 4.74 Å². The summed E-state index contributed by atoms with van der Waals surface area (Å²) in [5.74, 6) is -0.0215. The van der Waals surface area contributed by atoms with Gasteiger partial charge in [0.15, 0.2) is 0 Å². The molecule has 1 heterocycles. The lowest BCUT2D eigenvalue weighted by molar-refractivity contribution is 0.0727. The Morgan fingerprint density at radius 2 is 2.28 bits per heavy atom. The van der Waals surface area contributed by atoms with Gasteiger partial charge in [0, 0.05) is 17.7 Å². The molecule has 0 aromatic heterocycles. The number of phenols is 1. The Labute approximate surface area is 107 Å².